The minimum absolute atomic E-state index is 0.173. The quantitative estimate of drug-likeness (QED) is 0.776. The molecule has 1 aromatic rings. The van der Waals surface area contributed by atoms with Gasteiger partial charge in [-0.2, -0.15) is 0 Å². The Labute approximate surface area is 113 Å². The number of halogens is 1. The van der Waals surface area contributed by atoms with Gasteiger partial charge in [0.2, 0.25) is 0 Å². The smallest absolute Gasteiger partial charge is 0.188 e. The minimum atomic E-state index is 0.173. The number of hydrogen-bond acceptors (Lipinski definition) is 4. The van der Waals surface area contributed by atoms with Crippen molar-refractivity contribution >= 4 is 11.6 Å². The van der Waals surface area contributed by atoms with Gasteiger partial charge < -0.3 is 19.5 Å². The molecule has 0 radical (unpaired) electrons. The summed E-state index contributed by atoms with van der Waals surface area (Å²) >= 11 is 6.06. The number of ether oxygens (including phenoxy) is 3. The second-order valence-corrected chi connectivity index (χ2v) is 4.62. The summed E-state index contributed by atoms with van der Waals surface area (Å²) in [5.41, 5.74) is 0.949. The molecule has 5 heteroatoms. The van der Waals surface area contributed by atoms with Crippen molar-refractivity contribution in [1.82, 2.24) is 5.32 Å². The molecule has 0 aliphatic carbocycles. The summed E-state index contributed by atoms with van der Waals surface area (Å²) < 4.78 is 15.8. The van der Waals surface area contributed by atoms with Crippen molar-refractivity contribution in [1.29, 1.82) is 0 Å². The molecule has 0 fully saturated rings. The summed E-state index contributed by atoms with van der Waals surface area (Å²) in [4.78, 5) is 0. The molecule has 18 heavy (non-hydrogen) atoms. The van der Waals surface area contributed by atoms with Crippen LogP contribution in [0.15, 0.2) is 12.1 Å². The van der Waals surface area contributed by atoms with Crippen LogP contribution in [0, 0.1) is 0 Å². The lowest BCUT2D eigenvalue weighted by Gasteiger charge is -2.16. The fraction of sp³-hybridized carbons (Fsp3) is 0.538. The van der Waals surface area contributed by atoms with E-state index in [2.05, 4.69) is 19.2 Å². The Morgan fingerprint density at radius 3 is 2.56 bits per heavy atom. The molecule has 4 nitrogen and oxygen atoms in total. The predicted octanol–water partition coefficient (Wildman–Crippen LogP) is 2.83. The van der Waals surface area contributed by atoms with Crippen LogP contribution in [0.2, 0.25) is 5.02 Å². The van der Waals surface area contributed by atoms with Crippen LogP contribution in [0.25, 0.3) is 0 Å². The van der Waals surface area contributed by atoms with Gasteiger partial charge in [0.1, 0.15) is 0 Å². The molecule has 0 aliphatic heterocycles. The third-order valence-electron chi connectivity index (χ3n) is 2.34. The van der Waals surface area contributed by atoms with E-state index in [0.717, 1.165) is 5.56 Å². The maximum Gasteiger partial charge on any atom is 0.188 e. The fourth-order valence-corrected chi connectivity index (χ4v) is 1.73. The Kier molecular flexibility index (Phi) is 6.25. The molecule has 0 unspecified atom stereocenters. The molecule has 0 heterocycles. The van der Waals surface area contributed by atoms with Gasteiger partial charge in [0.05, 0.1) is 7.11 Å². The second kappa shape index (κ2) is 7.46. The monoisotopic (exact) mass is 273 g/mol. The molecule has 1 aromatic carbocycles. The van der Waals surface area contributed by atoms with Gasteiger partial charge in [-0.1, -0.05) is 25.4 Å². The zero-order chi connectivity index (χ0) is 13.5. The van der Waals surface area contributed by atoms with E-state index in [1.807, 2.05) is 6.07 Å². The Morgan fingerprint density at radius 2 is 2.00 bits per heavy atom. The number of methoxy groups -OCH3 is 2. The van der Waals surface area contributed by atoms with Crippen LogP contribution in [0.1, 0.15) is 19.4 Å². The summed E-state index contributed by atoms with van der Waals surface area (Å²) in [6.45, 7) is 5.00. The van der Waals surface area contributed by atoms with Crippen molar-refractivity contribution in [3.05, 3.63) is 22.7 Å². The van der Waals surface area contributed by atoms with E-state index in [4.69, 9.17) is 25.8 Å². The fourth-order valence-electron chi connectivity index (χ4n) is 1.50. The van der Waals surface area contributed by atoms with E-state index >= 15 is 0 Å². The molecular formula is C13H20ClNO3. The molecular weight excluding hydrogens is 254 g/mol. The van der Waals surface area contributed by atoms with Gasteiger partial charge in [-0.25, -0.2) is 0 Å². The van der Waals surface area contributed by atoms with Crippen molar-refractivity contribution in [3.63, 3.8) is 0 Å². The van der Waals surface area contributed by atoms with Crippen molar-refractivity contribution < 1.29 is 14.2 Å². The van der Waals surface area contributed by atoms with Gasteiger partial charge in [-0.05, 0) is 6.07 Å². The normalized spacial score (nSPS) is 10.8. The van der Waals surface area contributed by atoms with Crippen LogP contribution in [-0.4, -0.2) is 27.1 Å². The van der Waals surface area contributed by atoms with Crippen LogP contribution < -0.4 is 14.8 Å². The van der Waals surface area contributed by atoms with Crippen molar-refractivity contribution in [2.45, 2.75) is 26.4 Å². The van der Waals surface area contributed by atoms with Gasteiger partial charge in [0.15, 0.2) is 18.3 Å². The average Bonchev–Trinajstić information content (AvgIpc) is 2.34. The third kappa shape index (κ3) is 4.37. The summed E-state index contributed by atoms with van der Waals surface area (Å²) in [6, 6.07) is 3.97. The molecule has 1 rings (SSSR count). The minimum Gasteiger partial charge on any atom is -0.493 e. The first-order valence-electron chi connectivity index (χ1n) is 5.80. The standard InChI is InChI=1S/C13H20ClNO3/c1-9(2)15-7-10-5-11(14)6-12(17-4)13(10)18-8-16-3/h5-6,9,15H,7-8H2,1-4H3. The molecule has 0 aromatic heterocycles. The number of hydrogen-bond donors (Lipinski definition) is 1. The highest BCUT2D eigenvalue weighted by molar-refractivity contribution is 6.30. The van der Waals surface area contributed by atoms with Crippen molar-refractivity contribution in [2.75, 3.05) is 21.0 Å². The van der Waals surface area contributed by atoms with Crippen LogP contribution in [-0.2, 0) is 11.3 Å². The Hall–Kier alpha value is -0.970. The first kappa shape index (κ1) is 15.1. The van der Waals surface area contributed by atoms with Crippen LogP contribution in [0.4, 0.5) is 0 Å². The van der Waals surface area contributed by atoms with Gasteiger partial charge in [-0.3, -0.25) is 0 Å². The van der Waals surface area contributed by atoms with E-state index < -0.39 is 0 Å². The molecule has 0 spiro atoms. The largest absolute Gasteiger partial charge is 0.493 e. The Balaban J connectivity index is 2.98. The van der Waals surface area contributed by atoms with E-state index in [1.54, 1.807) is 20.3 Å². The van der Waals surface area contributed by atoms with Crippen molar-refractivity contribution in [2.24, 2.45) is 0 Å². The molecule has 0 saturated carbocycles. The predicted molar refractivity (Wildman–Crippen MR) is 72.5 cm³/mol. The van der Waals surface area contributed by atoms with E-state index in [1.165, 1.54) is 0 Å². The van der Waals surface area contributed by atoms with E-state index in [9.17, 15) is 0 Å². The first-order valence-corrected chi connectivity index (χ1v) is 6.17. The summed E-state index contributed by atoms with van der Waals surface area (Å²) in [5, 5.41) is 3.94. The lowest BCUT2D eigenvalue weighted by atomic mass is 10.1. The first-order chi connectivity index (χ1) is 8.58. The number of benzene rings is 1. The highest BCUT2D eigenvalue weighted by atomic mass is 35.5. The van der Waals surface area contributed by atoms with Gasteiger partial charge in [-0.15, -0.1) is 0 Å². The van der Waals surface area contributed by atoms with E-state index in [-0.39, 0.29) is 6.79 Å². The van der Waals surface area contributed by atoms with Crippen molar-refractivity contribution in [3.8, 4) is 11.5 Å². The Bertz CT molecular complexity index is 383. The zero-order valence-corrected chi connectivity index (χ0v) is 12.0. The van der Waals surface area contributed by atoms with Crippen LogP contribution in [0.5, 0.6) is 11.5 Å². The molecule has 102 valence electrons. The summed E-state index contributed by atoms with van der Waals surface area (Å²) in [5.74, 6) is 1.28. The van der Waals surface area contributed by atoms with Crippen LogP contribution in [0.3, 0.4) is 0 Å². The number of rotatable bonds is 7. The summed E-state index contributed by atoms with van der Waals surface area (Å²) in [7, 11) is 3.17. The topological polar surface area (TPSA) is 39.7 Å². The average molecular weight is 274 g/mol. The lowest BCUT2D eigenvalue weighted by molar-refractivity contribution is 0.0483. The molecule has 0 aliphatic rings. The maximum atomic E-state index is 6.06. The molecule has 0 bridgehead atoms. The third-order valence-corrected chi connectivity index (χ3v) is 2.56. The van der Waals surface area contributed by atoms with Gasteiger partial charge >= 0.3 is 0 Å². The second-order valence-electron chi connectivity index (χ2n) is 4.18. The maximum absolute atomic E-state index is 6.06. The Morgan fingerprint density at radius 1 is 1.28 bits per heavy atom. The number of nitrogens with one attached hydrogen (secondary N) is 1. The molecule has 0 saturated heterocycles. The van der Waals surface area contributed by atoms with E-state index in [0.29, 0.717) is 29.1 Å². The molecule has 0 atom stereocenters. The van der Waals surface area contributed by atoms with Crippen LogP contribution >= 0.6 is 11.6 Å². The van der Waals surface area contributed by atoms with Gasteiger partial charge in [0.25, 0.3) is 0 Å². The highest BCUT2D eigenvalue weighted by Gasteiger charge is 2.13. The molecule has 1 N–H and O–H groups in total. The SMILES string of the molecule is COCOc1c(CNC(C)C)cc(Cl)cc1OC. The van der Waals surface area contributed by atoms with Gasteiger partial charge in [0, 0.05) is 36.3 Å². The molecule has 0 amide bonds. The zero-order valence-electron chi connectivity index (χ0n) is 11.2. The summed E-state index contributed by atoms with van der Waals surface area (Å²) in [6.07, 6.45) is 0. The highest BCUT2D eigenvalue weighted by Crippen LogP contribution is 2.34. The lowest BCUT2D eigenvalue weighted by Crippen LogP contribution is -2.22.